The molecule has 0 spiro atoms. The quantitative estimate of drug-likeness (QED) is 0.374. The van der Waals surface area contributed by atoms with Crippen LogP contribution in [0.15, 0.2) is 0 Å². The lowest BCUT2D eigenvalue weighted by Gasteiger charge is -2.42. The van der Waals surface area contributed by atoms with Crippen LogP contribution in [0.2, 0.25) is 0 Å². The van der Waals surface area contributed by atoms with E-state index in [0.717, 1.165) is 0 Å². The third-order valence-electron chi connectivity index (χ3n) is 2.16. The minimum atomic E-state index is -1.22. The predicted octanol–water partition coefficient (Wildman–Crippen LogP) is -1.97. The molecule has 0 saturated carbocycles. The van der Waals surface area contributed by atoms with Crippen molar-refractivity contribution in [1.82, 2.24) is 5.32 Å². The van der Waals surface area contributed by atoms with Crippen LogP contribution in [-0.4, -0.2) is 53.0 Å². The summed E-state index contributed by atoms with van der Waals surface area (Å²) in [6, 6.07) is -0.568. The van der Waals surface area contributed by atoms with Crippen LogP contribution in [-0.2, 0) is 4.74 Å². The highest BCUT2D eigenvalue weighted by Gasteiger charge is 2.44. The molecule has 12 heavy (non-hydrogen) atoms. The largest absolute Gasteiger partial charge is 0.386 e. The highest BCUT2D eigenvalue weighted by atomic mass is 16.6. The van der Waals surface area contributed by atoms with E-state index in [0.29, 0.717) is 0 Å². The zero-order valence-corrected chi connectivity index (χ0v) is 7.19. The summed E-state index contributed by atoms with van der Waals surface area (Å²) in [6.07, 6.45) is -2.32. The zero-order chi connectivity index (χ0) is 9.35. The van der Waals surface area contributed by atoms with Crippen LogP contribution in [0.1, 0.15) is 6.92 Å². The normalized spacial score (nSPS) is 49.2. The lowest BCUT2D eigenvalue weighted by atomic mass is 9.90. The molecule has 4 atom stereocenters. The van der Waals surface area contributed by atoms with E-state index in [-0.39, 0.29) is 6.61 Å². The minimum absolute atomic E-state index is 0.0106. The number of aliphatic hydroxyl groups excluding tert-OH is 2. The van der Waals surface area contributed by atoms with Gasteiger partial charge < -0.3 is 25.4 Å². The maximum Gasteiger partial charge on any atom is 0.182 e. The Hall–Kier alpha value is -0.200. The van der Waals surface area contributed by atoms with Gasteiger partial charge in [-0.25, -0.2) is 0 Å². The molecule has 4 N–H and O–H groups in total. The van der Waals surface area contributed by atoms with Crippen molar-refractivity contribution in [2.75, 3.05) is 13.7 Å². The van der Waals surface area contributed by atoms with E-state index in [1.54, 1.807) is 14.0 Å². The fourth-order valence-corrected chi connectivity index (χ4v) is 1.46. The Morgan fingerprint density at radius 2 is 2.08 bits per heavy atom. The molecule has 0 aromatic heterocycles. The van der Waals surface area contributed by atoms with Gasteiger partial charge in [-0.2, -0.15) is 0 Å². The van der Waals surface area contributed by atoms with Crippen molar-refractivity contribution in [1.29, 1.82) is 0 Å². The van der Waals surface area contributed by atoms with Crippen molar-refractivity contribution in [3.05, 3.63) is 0 Å². The molecule has 3 unspecified atom stereocenters. The molecule has 0 amide bonds. The maximum absolute atomic E-state index is 9.66. The van der Waals surface area contributed by atoms with E-state index >= 15 is 0 Å². The Bertz CT molecular complexity index is 161. The molecule has 1 aliphatic rings. The summed E-state index contributed by atoms with van der Waals surface area (Å²) < 4.78 is 4.75. The SMILES string of the molecule is CNC1[C@@H](O)C(O)OCC1(C)O. The van der Waals surface area contributed by atoms with E-state index in [9.17, 15) is 10.2 Å². The second-order valence-electron chi connectivity index (χ2n) is 3.32. The molecule has 0 aliphatic carbocycles. The highest BCUT2D eigenvalue weighted by molar-refractivity contribution is 4.96. The van der Waals surface area contributed by atoms with Gasteiger partial charge in [-0.15, -0.1) is 0 Å². The topological polar surface area (TPSA) is 82.0 Å². The van der Waals surface area contributed by atoms with Gasteiger partial charge >= 0.3 is 0 Å². The summed E-state index contributed by atoms with van der Waals surface area (Å²) >= 11 is 0. The third-order valence-corrected chi connectivity index (χ3v) is 2.16. The smallest absolute Gasteiger partial charge is 0.182 e. The standard InChI is InChI=1S/C7H15NO4/c1-7(11)3-12-6(10)4(9)5(7)8-2/h4-6,8-11H,3H2,1-2H3/t4-,5?,6?,7?/m1/s1. The number of rotatable bonds is 1. The fraction of sp³-hybridized carbons (Fsp3) is 1.00. The van der Waals surface area contributed by atoms with Gasteiger partial charge in [0.05, 0.1) is 12.6 Å². The summed E-state index contributed by atoms with van der Waals surface area (Å²) in [6.45, 7) is 1.56. The van der Waals surface area contributed by atoms with Crippen LogP contribution in [0.5, 0.6) is 0 Å². The van der Waals surface area contributed by atoms with Crippen LogP contribution in [0, 0.1) is 0 Å². The first-order valence-electron chi connectivity index (χ1n) is 3.86. The first kappa shape index (κ1) is 9.88. The van der Waals surface area contributed by atoms with E-state index < -0.39 is 24.0 Å². The average molecular weight is 177 g/mol. The maximum atomic E-state index is 9.66. The third kappa shape index (κ3) is 1.60. The van der Waals surface area contributed by atoms with Crippen molar-refractivity contribution in [2.24, 2.45) is 0 Å². The van der Waals surface area contributed by atoms with Crippen LogP contribution in [0.3, 0.4) is 0 Å². The van der Waals surface area contributed by atoms with Gasteiger partial charge in [0.1, 0.15) is 11.7 Å². The molecule has 72 valence electrons. The number of ether oxygens (including phenoxy) is 1. The van der Waals surface area contributed by atoms with Crippen molar-refractivity contribution >= 4 is 0 Å². The number of hydrogen-bond acceptors (Lipinski definition) is 5. The van der Waals surface area contributed by atoms with Gasteiger partial charge in [0.25, 0.3) is 0 Å². The molecule has 1 rings (SSSR count). The Balaban J connectivity index is 2.72. The van der Waals surface area contributed by atoms with Gasteiger partial charge in [-0.05, 0) is 14.0 Å². The second-order valence-corrected chi connectivity index (χ2v) is 3.32. The molecule has 1 heterocycles. The summed E-state index contributed by atoms with van der Waals surface area (Å²) in [5.74, 6) is 0. The second kappa shape index (κ2) is 3.27. The van der Waals surface area contributed by atoms with Crippen LogP contribution < -0.4 is 5.32 Å². The van der Waals surface area contributed by atoms with Gasteiger partial charge in [0.15, 0.2) is 6.29 Å². The van der Waals surface area contributed by atoms with Crippen molar-refractivity contribution in [2.45, 2.75) is 31.0 Å². The zero-order valence-electron chi connectivity index (χ0n) is 7.19. The predicted molar refractivity (Wildman–Crippen MR) is 41.4 cm³/mol. The monoisotopic (exact) mass is 177 g/mol. The number of hydrogen-bond donors (Lipinski definition) is 4. The van der Waals surface area contributed by atoms with Crippen LogP contribution in [0.25, 0.3) is 0 Å². The summed E-state index contributed by atoms with van der Waals surface area (Å²) in [4.78, 5) is 0. The Kier molecular flexibility index (Phi) is 2.70. The van der Waals surface area contributed by atoms with Crippen LogP contribution in [0.4, 0.5) is 0 Å². The molecule has 0 aromatic carbocycles. The Morgan fingerprint density at radius 3 is 2.50 bits per heavy atom. The van der Waals surface area contributed by atoms with Gasteiger partial charge in [-0.3, -0.25) is 0 Å². The molecule has 1 saturated heterocycles. The summed E-state index contributed by atoms with van der Waals surface area (Å²) in [7, 11) is 1.61. The van der Waals surface area contributed by atoms with Crippen molar-refractivity contribution in [3.63, 3.8) is 0 Å². The van der Waals surface area contributed by atoms with E-state index in [1.165, 1.54) is 0 Å². The molecule has 5 heteroatoms. The van der Waals surface area contributed by atoms with Gasteiger partial charge in [0.2, 0.25) is 0 Å². The van der Waals surface area contributed by atoms with Crippen LogP contribution >= 0.6 is 0 Å². The molecule has 1 aliphatic heterocycles. The molecule has 0 bridgehead atoms. The number of nitrogens with one attached hydrogen (secondary N) is 1. The molecular formula is C7H15NO4. The van der Waals surface area contributed by atoms with Crippen molar-refractivity contribution in [3.8, 4) is 0 Å². The molecule has 1 fully saturated rings. The highest BCUT2D eigenvalue weighted by Crippen LogP contribution is 2.22. The number of likely N-dealkylation sites (N-methyl/N-ethyl adjacent to an activating group) is 1. The van der Waals surface area contributed by atoms with E-state index in [2.05, 4.69) is 5.32 Å². The van der Waals surface area contributed by atoms with Gasteiger partial charge in [-0.1, -0.05) is 0 Å². The lowest BCUT2D eigenvalue weighted by molar-refractivity contribution is -0.248. The molecule has 0 radical (unpaired) electrons. The Labute approximate surface area is 71.0 Å². The fourth-order valence-electron chi connectivity index (χ4n) is 1.46. The minimum Gasteiger partial charge on any atom is -0.386 e. The first-order valence-corrected chi connectivity index (χ1v) is 3.86. The van der Waals surface area contributed by atoms with E-state index in [4.69, 9.17) is 9.84 Å². The summed E-state index contributed by atoms with van der Waals surface area (Å²) in [5.41, 5.74) is -1.15. The molecular weight excluding hydrogens is 162 g/mol. The molecule has 0 aromatic rings. The Morgan fingerprint density at radius 1 is 1.50 bits per heavy atom. The number of aliphatic hydroxyl groups is 3. The average Bonchev–Trinajstić information content (AvgIpc) is 1.99. The summed E-state index contributed by atoms with van der Waals surface area (Å²) in [5, 5.41) is 30.9. The molecule has 5 nitrogen and oxygen atoms in total. The van der Waals surface area contributed by atoms with E-state index in [1.807, 2.05) is 0 Å². The lowest BCUT2D eigenvalue weighted by Crippen LogP contribution is -2.64. The van der Waals surface area contributed by atoms with Gasteiger partial charge in [0, 0.05) is 0 Å². The van der Waals surface area contributed by atoms with Crippen molar-refractivity contribution < 1.29 is 20.1 Å². The first-order chi connectivity index (χ1) is 5.49.